The molecule has 0 amide bonds. The zero-order valence-corrected chi connectivity index (χ0v) is 13.0. The van der Waals surface area contributed by atoms with Gasteiger partial charge < -0.3 is 14.8 Å². The summed E-state index contributed by atoms with van der Waals surface area (Å²) in [6.07, 6.45) is 0. The van der Waals surface area contributed by atoms with E-state index in [1.807, 2.05) is 38.2 Å². The summed E-state index contributed by atoms with van der Waals surface area (Å²) < 4.78 is 11.0. The molecule has 1 aromatic heterocycles. The minimum atomic E-state index is 0.335. The smallest absolute Gasteiger partial charge is 0.130 e. The van der Waals surface area contributed by atoms with Crippen molar-refractivity contribution >= 4 is 0 Å². The molecule has 0 aliphatic carbocycles. The Morgan fingerprint density at radius 1 is 1.14 bits per heavy atom. The van der Waals surface area contributed by atoms with Crippen LogP contribution in [0.3, 0.4) is 0 Å². The van der Waals surface area contributed by atoms with E-state index in [1.165, 1.54) is 5.56 Å². The lowest BCUT2D eigenvalue weighted by Gasteiger charge is -2.12. The second-order valence-electron chi connectivity index (χ2n) is 5.01. The van der Waals surface area contributed by atoms with Crippen LogP contribution in [0.5, 0.6) is 11.5 Å². The molecule has 2 aromatic rings. The Morgan fingerprint density at radius 2 is 1.86 bits per heavy atom. The van der Waals surface area contributed by atoms with Crippen LogP contribution < -0.4 is 14.8 Å². The molecule has 0 saturated carbocycles. The second-order valence-corrected chi connectivity index (χ2v) is 5.01. The molecule has 0 aliphatic heterocycles. The standard InChI is InChI=1S/C17H22N2O2/c1-12-9-17(20-4)10-15(19-12)11-21-16-7-5-14(6-8-16)13(2)18-3/h5-10,13,18H,11H2,1-4H3. The molecule has 21 heavy (non-hydrogen) atoms. The van der Waals surface area contributed by atoms with Gasteiger partial charge in [-0.3, -0.25) is 4.98 Å². The molecule has 0 bridgehead atoms. The molecule has 0 fully saturated rings. The Kier molecular flexibility index (Phi) is 5.17. The number of methoxy groups -OCH3 is 1. The summed E-state index contributed by atoms with van der Waals surface area (Å²) in [6.45, 7) is 4.50. The number of aromatic nitrogens is 1. The van der Waals surface area contributed by atoms with E-state index >= 15 is 0 Å². The van der Waals surface area contributed by atoms with E-state index in [9.17, 15) is 0 Å². The van der Waals surface area contributed by atoms with Crippen molar-refractivity contribution in [2.45, 2.75) is 26.5 Å². The fraction of sp³-hybridized carbons (Fsp3) is 0.353. The van der Waals surface area contributed by atoms with E-state index in [0.29, 0.717) is 12.6 Å². The van der Waals surface area contributed by atoms with Crippen molar-refractivity contribution in [2.75, 3.05) is 14.2 Å². The largest absolute Gasteiger partial charge is 0.497 e. The summed E-state index contributed by atoms with van der Waals surface area (Å²) >= 11 is 0. The third-order valence-electron chi connectivity index (χ3n) is 3.42. The number of hydrogen-bond donors (Lipinski definition) is 1. The van der Waals surface area contributed by atoms with Crippen LogP contribution in [0.25, 0.3) is 0 Å². The maximum atomic E-state index is 5.78. The topological polar surface area (TPSA) is 43.4 Å². The SMILES string of the molecule is CNC(C)c1ccc(OCc2cc(OC)cc(C)n2)cc1. The fourth-order valence-electron chi connectivity index (χ4n) is 2.07. The number of ether oxygens (including phenoxy) is 2. The van der Waals surface area contributed by atoms with Gasteiger partial charge in [-0.15, -0.1) is 0 Å². The maximum Gasteiger partial charge on any atom is 0.130 e. The first-order valence-corrected chi connectivity index (χ1v) is 7.04. The van der Waals surface area contributed by atoms with Crippen LogP contribution in [0.4, 0.5) is 0 Å². The number of nitrogens with zero attached hydrogens (tertiary/aromatic N) is 1. The van der Waals surface area contributed by atoms with Crippen LogP contribution in [0.15, 0.2) is 36.4 Å². The number of aryl methyl sites for hydroxylation is 1. The van der Waals surface area contributed by atoms with E-state index < -0.39 is 0 Å². The summed E-state index contributed by atoms with van der Waals surface area (Å²) in [5, 5.41) is 3.21. The van der Waals surface area contributed by atoms with Crippen molar-refractivity contribution < 1.29 is 9.47 Å². The minimum Gasteiger partial charge on any atom is -0.497 e. The van der Waals surface area contributed by atoms with Gasteiger partial charge in [-0.05, 0) is 38.6 Å². The molecule has 1 N–H and O–H groups in total. The predicted molar refractivity (Wildman–Crippen MR) is 83.8 cm³/mol. The van der Waals surface area contributed by atoms with Gasteiger partial charge >= 0.3 is 0 Å². The highest BCUT2D eigenvalue weighted by atomic mass is 16.5. The lowest BCUT2D eigenvalue weighted by Crippen LogP contribution is -2.11. The van der Waals surface area contributed by atoms with Crippen molar-refractivity contribution in [2.24, 2.45) is 0 Å². The van der Waals surface area contributed by atoms with Gasteiger partial charge in [-0.1, -0.05) is 12.1 Å². The molecule has 1 unspecified atom stereocenters. The van der Waals surface area contributed by atoms with Crippen LogP contribution in [0, 0.1) is 6.92 Å². The van der Waals surface area contributed by atoms with Gasteiger partial charge in [0, 0.05) is 23.9 Å². The average Bonchev–Trinajstić information content (AvgIpc) is 2.52. The maximum absolute atomic E-state index is 5.78. The highest BCUT2D eigenvalue weighted by Crippen LogP contribution is 2.19. The molecule has 112 valence electrons. The number of nitrogens with one attached hydrogen (secondary N) is 1. The van der Waals surface area contributed by atoms with Crippen LogP contribution in [0.1, 0.15) is 29.9 Å². The number of benzene rings is 1. The van der Waals surface area contributed by atoms with Crippen LogP contribution in [-0.2, 0) is 6.61 Å². The Bertz CT molecular complexity index is 582. The van der Waals surface area contributed by atoms with Gasteiger partial charge in [0.2, 0.25) is 0 Å². The van der Waals surface area contributed by atoms with Crippen LogP contribution >= 0.6 is 0 Å². The zero-order valence-electron chi connectivity index (χ0n) is 13.0. The van der Waals surface area contributed by atoms with Gasteiger partial charge in [0.05, 0.1) is 12.8 Å². The van der Waals surface area contributed by atoms with Crippen molar-refractivity contribution in [3.63, 3.8) is 0 Å². The first-order valence-electron chi connectivity index (χ1n) is 7.04. The van der Waals surface area contributed by atoms with Crippen molar-refractivity contribution in [3.8, 4) is 11.5 Å². The van der Waals surface area contributed by atoms with Gasteiger partial charge in [-0.2, -0.15) is 0 Å². The van der Waals surface area contributed by atoms with Gasteiger partial charge in [-0.25, -0.2) is 0 Å². The van der Waals surface area contributed by atoms with Crippen LogP contribution in [0.2, 0.25) is 0 Å². The summed E-state index contributed by atoms with van der Waals surface area (Å²) in [5.41, 5.74) is 3.02. The van der Waals surface area contributed by atoms with Gasteiger partial charge in [0.25, 0.3) is 0 Å². The second kappa shape index (κ2) is 7.09. The van der Waals surface area contributed by atoms with Gasteiger partial charge in [0.1, 0.15) is 18.1 Å². The summed E-state index contributed by atoms with van der Waals surface area (Å²) in [4.78, 5) is 4.44. The van der Waals surface area contributed by atoms with Gasteiger partial charge in [0.15, 0.2) is 0 Å². The lowest BCUT2D eigenvalue weighted by atomic mass is 10.1. The molecule has 0 radical (unpaired) electrons. The Morgan fingerprint density at radius 3 is 2.48 bits per heavy atom. The fourth-order valence-corrected chi connectivity index (χ4v) is 2.07. The Balaban J connectivity index is 2.01. The molecule has 0 aliphatic rings. The van der Waals surface area contributed by atoms with Crippen molar-refractivity contribution in [3.05, 3.63) is 53.3 Å². The highest BCUT2D eigenvalue weighted by molar-refractivity contribution is 5.30. The van der Waals surface area contributed by atoms with Crippen molar-refractivity contribution in [1.29, 1.82) is 0 Å². The Labute approximate surface area is 126 Å². The highest BCUT2D eigenvalue weighted by Gasteiger charge is 2.04. The van der Waals surface area contributed by atoms with E-state index in [4.69, 9.17) is 9.47 Å². The Hall–Kier alpha value is -2.07. The number of hydrogen-bond acceptors (Lipinski definition) is 4. The molecule has 4 heteroatoms. The summed E-state index contributed by atoms with van der Waals surface area (Å²) in [7, 11) is 3.60. The molecule has 2 rings (SSSR count). The molecule has 4 nitrogen and oxygen atoms in total. The molecule has 1 heterocycles. The van der Waals surface area contributed by atoms with E-state index in [0.717, 1.165) is 22.9 Å². The first kappa shape index (κ1) is 15.3. The molecular formula is C17H22N2O2. The quantitative estimate of drug-likeness (QED) is 0.885. The van der Waals surface area contributed by atoms with E-state index in [-0.39, 0.29) is 0 Å². The third-order valence-corrected chi connectivity index (χ3v) is 3.42. The number of pyridine rings is 1. The first-order chi connectivity index (χ1) is 10.1. The molecular weight excluding hydrogens is 264 g/mol. The van der Waals surface area contributed by atoms with Crippen molar-refractivity contribution in [1.82, 2.24) is 10.3 Å². The van der Waals surface area contributed by atoms with E-state index in [2.05, 4.69) is 29.4 Å². The molecule has 0 spiro atoms. The normalized spacial score (nSPS) is 12.0. The molecule has 1 aromatic carbocycles. The predicted octanol–water partition coefficient (Wildman–Crippen LogP) is 3.26. The van der Waals surface area contributed by atoms with E-state index in [1.54, 1.807) is 7.11 Å². The number of rotatable bonds is 6. The summed E-state index contributed by atoms with van der Waals surface area (Å²) in [5.74, 6) is 1.64. The lowest BCUT2D eigenvalue weighted by molar-refractivity contribution is 0.299. The summed E-state index contributed by atoms with van der Waals surface area (Å²) in [6, 6.07) is 12.2. The zero-order chi connectivity index (χ0) is 15.2. The van der Waals surface area contributed by atoms with Crippen LogP contribution in [-0.4, -0.2) is 19.1 Å². The average molecular weight is 286 g/mol. The monoisotopic (exact) mass is 286 g/mol. The molecule has 1 atom stereocenters. The molecule has 0 saturated heterocycles. The third kappa shape index (κ3) is 4.20. The minimum absolute atomic E-state index is 0.335.